The number of hydrogen-bond acceptors (Lipinski definition) is 4. The zero-order valence-corrected chi connectivity index (χ0v) is 11.1. The Morgan fingerprint density at radius 1 is 1.53 bits per heavy atom. The molecule has 0 aromatic heterocycles. The summed E-state index contributed by atoms with van der Waals surface area (Å²) < 4.78 is 5.38. The van der Waals surface area contributed by atoms with E-state index in [4.69, 9.17) is 16.3 Å². The Morgan fingerprint density at radius 2 is 2.29 bits per heavy atom. The molecule has 0 amide bonds. The number of nitro groups is 1. The van der Waals surface area contributed by atoms with Crippen molar-refractivity contribution in [1.82, 2.24) is 0 Å². The summed E-state index contributed by atoms with van der Waals surface area (Å²) in [4.78, 5) is 11.3. The first-order valence-electron chi connectivity index (χ1n) is 5.29. The molecule has 1 rings (SSSR count). The van der Waals surface area contributed by atoms with Crippen molar-refractivity contribution in [3.05, 3.63) is 28.3 Å². The molecular weight excluding hydrogens is 262 g/mol. The first kappa shape index (κ1) is 14.1. The van der Waals surface area contributed by atoms with E-state index in [1.54, 1.807) is 23.9 Å². The van der Waals surface area contributed by atoms with Crippen LogP contribution in [0, 0.1) is 10.1 Å². The van der Waals surface area contributed by atoms with Gasteiger partial charge in [-0.15, -0.1) is 23.4 Å². The summed E-state index contributed by atoms with van der Waals surface area (Å²) in [6.07, 6.45) is 0.816. The first-order chi connectivity index (χ1) is 8.19. The quantitative estimate of drug-likeness (QED) is 0.329. The van der Waals surface area contributed by atoms with Gasteiger partial charge in [0.1, 0.15) is 0 Å². The van der Waals surface area contributed by atoms with E-state index in [0.717, 1.165) is 17.1 Å². The molecule has 1 aromatic rings. The highest BCUT2D eigenvalue weighted by atomic mass is 35.5. The minimum absolute atomic E-state index is 0.00803. The van der Waals surface area contributed by atoms with Gasteiger partial charge in [-0.05, 0) is 12.5 Å². The molecule has 0 unspecified atom stereocenters. The van der Waals surface area contributed by atoms with Crippen molar-refractivity contribution in [2.75, 3.05) is 18.2 Å². The van der Waals surface area contributed by atoms with Gasteiger partial charge in [0.25, 0.3) is 0 Å². The van der Waals surface area contributed by atoms with Crippen molar-refractivity contribution in [3.8, 4) is 5.75 Å². The van der Waals surface area contributed by atoms with E-state index in [-0.39, 0.29) is 5.69 Å². The van der Waals surface area contributed by atoms with Gasteiger partial charge >= 0.3 is 5.69 Å². The summed E-state index contributed by atoms with van der Waals surface area (Å²) in [6, 6.07) is 4.89. The van der Waals surface area contributed by atoms with Crippen LogP contribution >= 0.6 is 23.4 Å². The van der Waals surface area contributed by atoms with Crippen LogP contribution in [-0.2, 0) is 0 Å². The number of nitrogens with zero attached hydrogens (tertiary/aromatic N) is 1. The molecule has 0 spiro atoms. The van der Waals surface area contributed by atoms with Gasteiger partial charge in [-0.1, -0.05) is 6.92 Å². The Labute approximate surface area is 109 Å². The second kappa shape index (κ2) is 7.40. The fourth-order valence-corrected chi connectivity index (χ4v) is 2.12. The molecule has 0 N–H and O–H groups in total. The number of thioether (sulfide) groups is 1. The average molecular weight is 276 g/mol. The van der Waals surface area contributed by atoms with Crippen LogP contribution in [0.4, 0.5) is 5.69 Å². The fourth-order valence-electron chi connectivity index (χ4n) is 1.22. The van der Waals surface area contributed by atoms with Crippen LogP contribution in [0.25, 0.3) is 0 Å². The molecule has 0 aliphatic heterocycles. The molecule has 4 nitrogen and oxygen atoms in total. The maximum absolute atomic E-state index is 10.8. The Morgan fingerprint density at radius 3 is 2.88 bits per heavy atom. The van der Waals surface area contributed by atoms with E-state index in [1.165, 1.54) is 6.07 Å². The third-order valence-electron chi connectivity index (χ3n) is 1.94. The zero-order valence-electron chi connectivity index (χ0n) is 9.52. The Kier molecular flexibility index (Phi) is 6.15. The van der Waals surface area contributed by atoms with E-state index in [0.29, 0.717) is 18.2 Å². The third kappa shape index (κ3) is 4.44. The highest BCUT2D eigenvalue weighted by Crippen LogP contribution is 2.32. The highest BCUT2D eigenvalue weighted by Gasteiger charge is 2.15. The number of alkyl halides is 1. The van der Waals surface area contributed by atoms with Crippen molar-refractivity contribution in [2.24, 2.45) is 0 Å². The predicted molar refractivity (Wildman–Crippen MR) is 70.3 cm³/mol. The standard InChI is InChI=1S/C11H14ClNO3S/c1-2-6-16-11-8-9(17-7-5-12)3-4-10(11)13(14)15/h3-4,8H,2,5-7H2,1H3. The number of halogens is 1. The van der Waals surface area contributed by atoms with Crippen LogP contribution in [-0.4, -0.2) is 23.2 Å². The summed E-state index contributed by atoms with van der Waals surface area (Å²) in [5.74, 6) is 1.65. The number of ether oxygens (including phenoxy) is 1. The minimum atomic E-state index is -0.430. The predicted octanol–water partition coefficient (Wildman–Crippen LogP) is 3.71. The minimum Gasteiger partial charge on any atom is -0.487 e. The summed E-state index contributed by atoms with van der Waals surface area (Å²) in [5, 5.41) is 10.8. The lowest BCUT2D eigenvalue weighted by atomic mass is 10.3. The fraction of sp³-hybridized carbons (Fsp3) is 0.455. The SMILES string of the molecule is CCCOc1cc(SCCCl)ccc1[N+](=O)[O-]. The molecule has 0 fully saturated rings. The summed E-state index contributed by atoms with van der Waals surface area (Å²) in [5.41, 5.74) is 0.00803. The van der Waals surface area contributed by atoms with Crippen molar-refractivity contribution < 1.29 is 9.66 Å². The maximum Gasteiger partial charge on any atom is 0.310 e. The second-order valence-electron chi connectivity index (χ2n) is 3.27. The third-order valence-corrected chi connectivity index (χ3v) is 3.34. The Balaban J connectivity index is 2.88. The lowest BCUT2D eigenvalue weighted by Gasteiger charge is -2.07. The van der Waals surface area contributed by atoms with E-state index < -0.39 is 4.92 Å². The van der Waals surface area contributed by atoms with Gasteiger partial charge in [-0.25, -0.2) is 0 Å². The van der Waals surface area contributed by atoms with Gasteiger partial charge < -0.3 is 4.74 Å². The molecule has 17 heavy (non-hydrogen) atoms. The lowest BCUT2D eigenvalue weighted by Crippen LogP contribution is -1.99. The first-order valence-corrected chi connectivity index (χ1v) is 6.81. The van der Waals surface area contributed by atoms with Crippen LogP contribution < -0.4 is 4.74 Å². The molecule has 0 saturated heterocycles. The van der Waals surface area contributed by atoms with Gasteiger partial charge in [0, 0.05) is 28.7 Å². The highest BCUT2D eigenvalue weighted by molar-refractivity contribution is 7.99. The molecule has 94 valence electrons. The van der Waals surface area contributed by atoms with Gasteiger partial charge in [-0.2, -0.15) is 0 Å². The van der Waals surface area contributed by atoms with Crippen molar-refractivity contribution in [3.63, 3.8) is 0 Å². The summed E-state index contributed by atoms with van der Waals surface area (Å²) >= 11 is 7.15. The molecule has 0 atom stereocenters. The smallest absolute Gasteiger partial charge is 0.310 e. The van der Waals surface area contributed by atoms with Crippen LogP contribution in [0.1, 0.15) is 13.3 Å². The summed E-state index contributed by atoms with van der Waals surface area (Å²) in [7, 11) is 0. The molecule has 6 heteroatoms. The Bertz CT molecular complexity index is 387. The van der Waals surface area contributed by atoms with Crippen LogP contribution in [0.2, 0.25) is 0 Å². The molecular formula is C11H14ClNO3S. The molecule has 1 aromatic carbocycles. The molecule has 0 saturated carbocycles. The number of benzene rings is 1. The molecule has 0 aliphatic rings. The lowest BCUT2D eigenvalue weighted by molar-refractivity contribution is -0.385. The van der Waals surface area contributed by atoms with Crippen LogP contribution in [0.15, 0.2) is 23.1 Å². The van der Waals surface area contributed by atoms with Crippen molar-refractivity contribution in [1.29, 1.82) is 0 Å². The monoisotopic (exact) mass is 275 g/mol. The van der Waals surface area contributed by atoms with Crippen molar-refractivity contribution >= 4 is 29.1 Å². The molecule has 0 bridgehead atoms. The van der Waals surface area contributed by atoms with Crippen molar-refractivity contribution in [2.45, 2.75) is 18.2 Å². The van der Waals surface area contributed by atoms with E-state index in [9.17, 15) is 10.1 Å². The maximum atomic E-state index is 10.8. The average Bonchev–Trinajstić information content (AvgIpc) is 2.33. The normalized spacial score (nSPS) is 10.2. The topological polar surface area (TPSA) is 52.4 Å². The van der Waals surface area contributed by atoms with Gasteiger partial charge in [0.05, 0.1) is 11.5 Å². The second-order valence-corrected chi connectivity index (χ2v) is 4.82. The molecule has 0 heterocycles. The summed E-state index contributed by atoms with van der Waals surface area (Å²) in [6.45, 7) is 2.43. The zero-order chi connectivity index (χ0) is 12.7. The van der Waals surface area contributed by atoms with Gasteiger partial charge in [0.15, 0.2) is 5.75 Å². The molecule has 0 aliphatic carbocycles. The van der Waals surface area contributed by atoms with Crippen LogP contribution in [0.5, 0.6) is 5.75 Å². The number of rotatable bonds is 7. The number of hydrogen-bond donors (Lipinski definition) is 0. The van der Waals surface area contributed by atoms with Crippen LogP contribution in [0.3, 0.4) is 0 Å². The largest absolute Gasteiger partial charge is 0.487 e. The number of nitro benzene ring substituents is 1. The Hall–Kier alpha value is -0.940. The molecule has 0 radical (unpaired) electrons. The van der Waals surface area contributed by atoms with Gasteiger partial charge in [-0.3, -0.25) is 10.1 Å². The van der Waals surface area contributed by atoms with E-state index in [1.807, 2.05) is 6.92 Å². The van der Waals surface area contributed by atoms with E-state index >= 15 is 0 Å². The van der Waals surface area contributed by atoms with E-state index in [2.05, 4.69) is 0 Å². The van der Waals surface area contributed by atoms with Gasteiger partial charge in [0.2, 0.25) is 0 Å².